The predicted molar refractivity (Wildman–Crippen MR) is 156 cm³/mol. The van der Waals surface area contributed by atoms with E-state index in [1.54, 1.807) is 6.07 Å². The van der Waals surface area contributed by atoms with Gasteiger partial charge in [0.1, 0.15) is 0 Å². The Hall–Kier alpha value is -1.98. The minimum atomic E-state index is -0.343. The van der Waals surface area contributed by atoms with Gasteiger partial charge >= 0.3 is 5.69 Å². The molecule has 4 fully saturated rings. The van der Waals surface area contributed by atoms with Gasteiger partial charge in [-0.25, -0.2) is 0 Å². The zero-order valence-electron chi connectivity index (χ0n) is 24.2. The number of benzene rings is 1. The first kappa shape index (κ1) is 28.5. The van der Waals surface area contributed by atoms with Crippen LogP contribution in [0.15, 0.2) is 12.1 Å². The monoisotopic (exact) mass is 543 g/mol. The summed E-state index contributed by atoms with van der Waals surface area (Å²) in [5.74, 6) is 0.356. The van der Waals surface area contributed by atoms with Crippen LogP contribution in [0, 0.1) is 10.1 Å². The first-order chi connectivity index (χ1) is 19.1. The average molecular weight is 544 g/mol. The SMILES string of the molecule is CCc1cc([N+](=O)[O-])c(OC)cc1N1CCC(N2CCN(CCN3CCN(C4CCNCC4)CC3)CC2)CC1. The Morgan fingerprint density at radius 2 is 1.38 bits per heavy atom. The number of nitrogens with one attached hydrogen (secondary N) is 1. The second-order valence-corrected chi connectivity index (χ2v) is 11.7. The lowest BCUT2D eigenvalue weighted by atomic mass is 9.99. The first-order valence-corrected chi connectivity index (χ1v) is 15.3. The van der Waals surface area contributed by atoms with Crippen LogP contribution in [0.4, 0.5) is 11.4 Å². The fourth-order valence-electron chi connectivity index (χ4n) is 7.12. The number of piperidine rings is 2. The van der Waals surface area contributed by atoms with Gasteiger partial charge in [-0.15, -0.1) is 0 Å². The quantitative estimate of drug-likeness (QED) is 0.372. The summed E-state index contributed by atoms with van der Waals surface area (Å²) in [6.45, 7) is 18.4. The highest BCUT2D eigenvalue weighted by molar-refractivity contribution is 5.64. The lowest BCUT2D eigenvalue weighted by Gasteiger charge is -2.44. The summed E-state index contributed by atoms with van der Waals surface area (Å²) in [5.41, 5.74) is 2.19. The van der Waals surface area contributed by atoms with Crippen LogP contribution < -0.4 is 15.0 Å². The molecule has 0 amide bonds. The van der Waals surface area contributed by atoms with Gasteiger partial charge in [-0.3, -0.25) is 29.7 Å². The molecule has 10 heteroatoms. The number of anilines is 1. The van der Waals surface area contributed by atoms with E-state index in [4.69, 9.17) is 4.74 Å². The summed E-state index contributed by atoms with van der Waals surface area (Å²) in [4.78, 5) is 24.3. The number of piperazine rings is 2. The second kappa shape index (κ2) is 13.6. The lowest BCUT2D eigenvalue weighted by molar-refractivity contribution is -0.385. The van der Waals surface area contributed by atoms with Gasteiger partial charge in [0.2, 0.25) is 0 Å². The minimum Gasteiger partial charge on any atom is -0.490 e. The molecule has 5 rings (SSSR count). The molecular formula is C29H49N7O3. The third-order valence-electron chi connectivity index (χ3n) is 9.65. The number of nitro groups is 1. The van der Waals surface area contributed by atoms with Crippen molar-refractivity contribution in [3.63, 3.8) is 0 Å². The van der Waals surface area contributed by atoms with E-state index < -0.39 is 0 Å². The Labute approximate surface area is 234 Å². The number of nitro benzene ring substituents is 1. The molecule has 10 nitrogen and oxygen atoms in total. The topological polar surface area (TPSA) is 80.6 Å². The second-order valence-electron chi connectivity index (χ2n) is 11.7. The molecule has 0 radical (unpaired) electrons. The van der Waals surface area contributed by atoms with Crippen molar-refractivity contribution < 1.29 is 9.66 Å². The van der Waals surface area contributed by atoms with Crippen LogP contribution in [-0.2, 0) is 6.42 Å². The zero-order valence-corrected chi connectivity index (χ0v) is 24.2. The zero-order chi connectivity index (χ0) is 27.2. The van der Waals surface area contributed by atoms with E-state index in [9.17, 15) is 10.1 Å². The number of rotatable bonds is 9. The van der Waals surface area contributed by atoms with Gasteiger partial charge in [-0.05, 0) is 50.8 Å². The smallest absolute Gasteiger partial charge is 0.311 e. The maximum Gasteiger partial charge on any atom is 0.311 e. The normalized spacial score (nSPS) is 23.8. The Kier molecular flexibility index (Phi) is 9.94. The molecule has 4 aliphatic heterocycles. The van der Waals surface area contributed by atoms with Crippen molar-refractivity contribution in [3.05, 3.63) is 27.8 Å². The third-order valence-corrected chi connectivity index (χ3v) is 9.65. The van der Waals surface area contributed by atoms with Crippen LogP contribution in [0.3, 0.4) is 0 Å². The number of nitrogens with zero attached hydrogens (tertiary/aromatic N) is 6. The van der Waals surface area contributed by atoms with E-state index in [0.29, 0.717) is 11.8 Å². The van der Waals surface area contributed by atoms with Crippen molar-refractivity contribution in [2.24, 2.45) is 0 Å². The molecule has 39 heavy (non-hydrogen) atoms. The molecule has 1 N–H and O–H groups in total. The largest absolute Gasteiger partial charge is 0.490 e. The molecule has 4 heterocycles. The molecule has 1 aromatic carbocycles. The van der Waals surface area contributed by atoms with Crippen molar-refractivity contribution in [1.29, 1.82) is 0 Å². The van der Waals surface area contributed by atoms with Crippen molar-refractivity contribution in [3.8, 4) is 5.75 Å². The van der Waals surface area contributed by atoms with Crippen LogP contribution >= 0.6 is 0 Å². The molecule has 218 valence electrons. The van der Waals surface area contributed by atoms with Gasteiger partial charge in [0.05, 0.1) is 12.0 Å². The number of hydrogen-bond acceptors (Lipinski definition) is 9. The number of aryl methyl sites for hydroxylation is 1. The van der Waals surface area contributed by atoms with Crippen molar-refractivity contribution in [2.75, 3.05) is 104 Å². The summed E-state index contributed by atoms with van der Waals surface area (Å²) in [7, 11) is 1.51. The fraction of sp³-hybridized carbons (Fsp3) is 0.793. The van der Waals surface area contributed by atoms with E-state index >= 15 is 0 Å². The molecule has 4 saturated heterocycles. The Balaban J connectivity index is 1.03. The van der Waals surface area contributed by atoms with Gasteiger partial charge in [0.25, 0.3) is 0 Å². The van der Waals surface area contributed by atoms with Gasteiger partial charge in [-0.2, -0.15) is 0 Å². The standard InChI is InChI=1S/C29H49N7O3/c1-3-24-22-28(36(37)38)29(39-2)23-27(24)35-10-6-26(7-11-35)34-20-16-32(17-21-34)13-12-31-14-18-33(19-15-31)25-4-8-30-9-5-25/h22-23,25-26,30H,3-21H2,1-2H3. The van der Waals surface area contributed by atoms with Crippen molar-refractivity contribution >= 4 is 11.4 Å². The molecule has 4 aliphatic rings. The van der Waals surface area contributed by atoms with Crippen molar-refractivity contribution in [2.45, 2.75) is 51.1 Å². The highest BCUT2D eigenvalue weighted by atomic mass is 16.6. The molecule has 0 unspecified atom stereocenters. The van der Waals surface area contributed by atoms with Crippen LogP contribution in [0.25, 0.3) is 0 Å². The highest BCUT2D eigenvalue weighted by Gasteiger charge is 2.30. The number of hydrogen-bond donors (Lipinski definition) is 1. The fourth-order valence-corrected chi connectivity index (χ4v) is 7.12. The molecule has 0 spiro atoms. The van der Waals surface area contributed by atoms with E-state index in [0.717, 1.165) is 49.6 Å². The molecule has 0 aliphatic carbocycles. The summed E-state index contributed by atoms with van der Waals surface area (Å²) >= 11 is 0. The number of methoxy groups -OCH3 is 1. The summed E-state index contributed by atoms with van der Waals surface area (Å²) in [5, 5.41) is 15.0. The third kappa shape index (κ3) is 7.03. The van der Waals surface area contributed by atoms with Crippen molar-refractivity contribution in [1.82, 2.24) is 24.9 Å². The average Bonchev–Trinajstić information content (AvgIpc) is 3.00. The van der Waals surface area contributed by atoms with Crippen LogP contribution in [0.2, 0.25) is 0 Å². The Morgan fingerprint density at radius 3 is 1.87 bits per heavy atom. The van der Waals surface area contributed by atoms with Gasteiger partial charge < -0.3 is 15.0 Å². The van der Waals surface area contributed by atoms with E-state index in [1.807, 2.05) is 6.07 Å². The summed E-state index contributed by atoms with van der Waals surface area (Å²) in [6, 6.07) is 5.02. The van der Waals surface area contributed by atoms with Crippen LogP contribution in [0.5, 0.6) is 5.75 Å². The first-order valence-electron chi connectivity index (χ1n) is 15.3. The highest BCUT2D eigenvalue weighted by Crippen LogP contribution is 2.36. The Morgan fingerprint density at radius 1 is 0.846 bits per heavy atom. The van der Waals surface area contributed by atoms with Crippen LogP contribution in [0.1, 0.15) is 38.2 Å². The summed E-state index contributed by atoms with van der Waals surface area (Å²) in [6.07, 6.45) is 5.69. The predicted octanol–water partition coefficient (Wildman–Crippen LogP) is 2.12. The van der Waals surface area contributed by atoms with Crippen LogP contribution in [-0.4, -0.2) is 135 Å². The van der Waals surface area contributed by atoms with Gasteiger partial charge in [0.15, 0.2) is 5.75 Å². The summed E-state index contributed by atoms with van der Waals surface area (Å²) < 4.78 is 5.36. The maximum atomic E-state index is 11.5. The maximum absolute atomic E-state index is 11.5. The molecule has 0 aromatic heterocycles. The molecule has 0 atom stereocenters. The molecular weight excluding hydrogens is 494 g/mol. The van der Waals surface area contributed by atoms with Gasteiger partial charge in [-0.1, -0.05) is 6.92 Å². The van der Waals surface area contributed by atoms with E-state index in [-0.39, 0.29) is 10.6 Å². The Bertz CT molecular complexity index is 933. The molecule has 1 aromatic rings. The van der Waals surface area contributed by atoms with E-state index in [1.165, 1.54) is 98.5 Å². The lowest BCUT2D eigenvalue weighted by Crippen LogP contribution is -2.55. The minimum absolute atomic E-state index is 0.0605. The molecule has 0 bridgehead atoms. The molecule has 0 saturated carbocycles. The number of ether oxygens (including phenoxy) is 1. The van der Waals surface area contributed by atoms with E-state index in [2.05, 4.69) is 36.7 Å². The van der Waals surface area contributed by atoms with Gasteiger partial charge in [0, 0.05) is 108 Å².